The summed E-state index contributed by atoms with van der Waals surface area (Å²) in [6.45, 7) is 1.94. The van der Waals surface area contributed by atoms with Crippen molar-refractivity contribution in [2.75, 3.05) is 7.11 Å². The molecule has 0 atom stereocenters. The Kier molecular flexibility index (Phi) is 3.06. The van der Waals surface area contributed by atoms with Gasteiger partial charge in [0.1, 0.15) is 17.3 Å². The Bertz CT molecular complexity index is 439. The first-order valence-corrected chi connectivity index (χ1v) is 5.68. The Labute approximate surface area is 100 Å². The van der Waals surface area contributed by atoms with Crippen molar-refractivity contribution in [3.05, 3.63) is 22.7 Å². The lowest BCUT2D eigenvalue weighted by molar-refractivity contribution is 0.416. The zero-order valence-corrected chi connectivity index (χ0v) is 10.2. The average molecular weight is 239 g/mol. The highest BCUT2D eigenvalue weighted by Crippen LogP contribution is 2.35. The van der Waals surface area contributed by atoms with Gasteiger partial charge in [-0.05, 0) is 31.4 Å². The molecule has 0 aliphatic heterocycles. The smallest absolute Gasteiger partial charge is 0.146 e. The second-order valence-corrected chi connectivity index (χ2v) is 4.49. The lowest BCUT2D eigenvalue weighted by Crippen LogP contribution is -2.13. The number of benzene rings is 1. The predicted molar refractivity (Wildman–Crippen MR) is 66.7 cm³/mol. The fourth-order valence-corrected chi connectivity index (χ4v) is 1.66. The van der Waals surface area contributed by atoms with Crippen LogP contribution in [0.5, 0.6) is 5.75 Å². The number of amidine groups is 1. The van der Waals surface area contributed by atoms with E-state index >= 15 is 0 Å². The van der Waals surface area contributed by atoms with Crippen LogP contribution in [0.1, 0.15) is 18.4 Å². The van der Waals surface area contributed by atoms with Gasteiger partial charge in [0.2, 0.25) is 0 Å². The van der Waals surface area contributed by atoms with Gasteiger partial charge in [0, 0.05) is 17.0 Å². The van der Waals surface area contributed by atoms with Crippen LogP contribution >= 0.6 is 11.6 Å². The summed E-state index contributed by atoms with van der Waals surface area (Å²) >= 11 is 6.02. The van der Waals surface area contributed by atoms with Crippen molar-refractivity contribution >= 4 is 23.1 Å². The van der Waals surface area contributed by atoms with Gasteiger partial charge in [-0.25, -0.2) is 4.99 Å². The molecule has 0 saturated heterocycles. The van der Waals surface area contributed by atoms with Crippen molar-refractivity contribution < 1.29 is 4.74 Å². The molecule has 1 aliphatic rings. The first-order chi connectivity index (χ1) is 7.61. The van der Waals surface area contributed by atoms with Crippen molar-refractivity contribution in [3.8, 4) is 5.75 Å². The number of rotatable bonds is 3. The largest absolute Gasteiger partial charge is 0.494 e. The zero-order valence-electron chi connectivity index (χ0n) is 9.46. The number of methoxy groups -OCH3 is 1. The van der Waals surface area contributed by atoms with Gasteiger partial charge in [0.15, 0.2) is 0 Å². The lowest BCUT2D eigenvalue weighted by Gasteiger charge is -2.08. The molecule has 3 nitrogen and oxygen atoms in total. The first-order valence-electron chi connectivity index (χ1n) is 5.30. The van der Waals surface area contributed by atoms with E-state index in [-0.39, 0.29) is 0 Å². The highest BCUT2D eigenvalue weighted by Gasteiger charge is 2.25. The Morgan fingerprint density at radius 3 is 2.75 bits per heavy atom. The van der Waals surface area contributed by atoms with Crippen LogP contribution in [-0.2, 0) is 0 Å². The highest BCUT2D eigenvalue weighted by molar-refractivity contribution is 6.31. The van der Waals surface area contributed by atoms with Gasteiger partial charge in [-0.15, -0.1) is 0 Å². The van der Waals surface area contributed by atoms with Gasteiger partial charge in [-0.3, -0.25) is 0 Å². The topological polar surface area (TPSA) is 47.6 Å². The maximum absolute atomic E-state index is 6.02. The predicted octanol–water partition coefficient (Wildman–Crippen LogP) is 3.06. The number of halogens is 1. The van der Waals surface area contributed by atoms with Gasteiger partial charge >= 0.3 is 0 Å². The molecule has 0 bridgehead atoms. The third-order valence-electron chi connectivity index (χ3n) is 2.71. The van der Waals surface area contributed by atoms with E-state index < -0.39 is 0 Å². The Hall–Kier alpha value is -1.22. The number of hydrogen-bond donors (Lipinski definition) is 1. The molecule has 0 aromatic heterocycles. The minimum absolute atomic E-state index is 0.459. The number of hydrogen-bond acceptors (Lipinski definition) is 2. The fraction of sp³-hybridized carbons (Fsp3) is 0.417. The molecule has 2 N–H and O–H groups in total. The zero-order chi connectivity index (χ0) is 11.7. The summed E-state index contributed by atoms with van der Waals surface area (Å²) < 4.78 is 5.24. The highest BCUT2D eigenvalue weighted by atomic mass is 35.5. The van der Waals surface area contributed by atoms with Crippen LogP contribution < -0.4 is 10.5 Å². The molecule has 4 heteroatoms. The van der Waals surface area contributed by atoms with E-state index in [0.717, 1.165) is 24.1 Å². The van der Waals surface area contributed by atoms with E-state index in [1.807, 2.05) is 13.0 Å². The number of nitrogens with zero attached hydrogens (tertiary/aromatic N) is 1. The second-order valence-electron chi connectivity index (χ2n) is 4.08. The van der Waals surface area contributed by atoms with Crippen molar-refractivity contribution in [3.63, 3.8) is 0 Å². The number of aliphatic imine (C=N–C) groups is 1. The first kappa shape index (κ1) is 11.3. The van der Waals surface area contributed by atoms with Crippen LogP contribution in [0, 0.1) is 12.8 Å². The molecule has 2 rings (SSSR count). The van der Waals surface area contributed by atoms with Gasteiger partial charge in [0.25, 0.3) is 0 Å². The third kappa shape index (κ3) is 2.30. The summed E-state index contributed by atoms with van der Waals surface area (Å²) in [5, 5.41) is 0.681. The standard InChI is InChI=1S/C12H15ClN2O/c1-7-5-10(11(16-2)6-9(7)13)15-12(14)8-3-4-8/h5-6,8H,3-4H2,1-2H3,(H2,14,15). The van der Waals surface area contributed by atoms with E-state index in [2.05, 4.69) is 4.99 Å². The number of ether oxygens (including phenoxy) is 1. The number of aryl methyl sites for hydroxylation is 1. The van der Waals surface area contributed by atoms with Crippen molar-refractivity contribution in [1.82, 2.24) is 0 Å². The third-order valence-corrected chi connectivity index (χ3v) is 3.11. The summed E-state index contributed by atoms with van der Waals surface area (Å²) in [5.41, 5.74) is 7.62. The van der Waals surface area contributed by atoms with Crippen LogP contribution in [0.4, 0.5) is 5.69 Å². The molecule has 86 valence electrons. The van der Waals surface area contributed by atoms with Crippen LogP contribution in [0.2, 0.25) is 5.02 Å². The molecule has 1 aromatic rings. The summed E-state index contributed by atoms with van der Waals surface area (Å²) in [4.78, 5) is 4.40. The van der Waals surface area contributed by atoms with Crippen LogP contribution in [0.25, 0.3) is 0 Å². The van der Waals surface area contributed by atoms with Crippen molar-refractivity contribution in [2.45, 2.75) is 19.8 Å². The summed E-state index contributed by atoms with van der Waals surface area (Å²) in [5.74, 6) is 1.82. The Morgan fingerprint density at radius 1 is 1.50 bits per heavy atom. The van der Waals surface area contributed by atoms with E-state index in [1.54, 1.807) is 13.2 Å². The van der Waals surface area contributed by atoms with Gasteiger partial charge < -0.3 is 10.5 Å². The van der Waals surface area contributed by atoms with E-state index in [0.29, 0.717) is 22.5 Å². The normalized spacial score (nSPS) is 16.3. The molecule has 1 saturated carbocycles. The molecule has 0 unspecified atom stereocenters. The van der Waals surface area contributed by atoms with Crippen molar-refractivity contribution in [1.29, 1.82) is 0 Å². The molecule has 0 amide bonds. The lowest BCUT2D eigenvalue weighted by atomic mass is 10.2. The van der Waals surface area contributed by atoms with Gasteiger partial charge in [-0.1, -0.05) is 11.6 Å². The van der Waals surface area contributed by atoms with E-state index in [1.165, 1.54) is 0 Å². The quantitative estimate of drug-likeness (QED) is 0.650. The monoisotopic (exact) mass is 238 g/mol. The van der Waals surface area contributed by atoms with E-state index in [9.17, 15) is 0 Å². The van der Waals surface area contributed by atoms with Crippen LogP contribution in [0.3, 0.4) is 0 Å². The molecule has 1 fully saturated rings. The molecule has 1 aliphatic carbocycles. The molecular weight excluding hydrogens is 224 g/mol. The minimum Gasteiger partial charge on any atom is -0.494 e. The van der Waals surface area contributed by atoms with Gasteiger partial charge in [0.05, 0.1) is 7.11 Å². The minimum atomic E-state index is 0.459. The fourth-order valence-electron chi connectivity index (χ4n) is 1.51. The molecular formula is C12H15ClN2O. The van der Waals surface area contributed by atoms with Crippen molar-refractivity contribution in [2.24, 2.45) is 16.6 Å². The van der Waals surface area contributed by atoms with Crippen LogP contribution in [0.15, 0.2) is 17.1 Å². The molecule has 0 heterocycles. The van der Waals surface area contributed by atoms with Crippen LogP contribution in [-0.4, -0.2) is 12.9 Å². The molecule has 0 radical (unpaired) electrons. The maximum Gasteiger partial charge on any atom is 0.146 e. The average Bonchev–Trinajstić information content (AvgIpc) is 3.06. The second kappa shape index (κ2) is 4.34. The van der Waals surface area contributed by atoms with E-state index in [4.69, 9.17) is 22.1 Å². The summed E-state index contributed by atoms with van der Waals surface area (Å²) in [7, 11) is 1.60. The molecule has 1 aromatic carbocycles. The molecule has 16 heavy (non-hydrogen) atoms. The number of nitrogens with two attached hydrogens (primary N) is 1. The molecule has 0 spiro atoms. The summed E-state index contributed by atoms with van der Waals surface area (Å²) in [6.07, 6.45) is 2.29. The summed E-state index contributed by atoms with van der Waals surface area (Å²) in [6, 6.07) is 3.67. The SMILES string of the molecule is COc1cc(Cl)c(C)cc1N=C(N)C1CC1. The Morgan fingerprint density at radius 2 is 2.19 bits per heavy atom. The maximum atomic E-state index is 6.02. The Balaban J connectivity index is 2.38. The van der Waals surface area contributed by atoms with Gasteiger partial charge in [-0.2, -0.15) is 0 Å².